The topological polar surface area (TPSA) is 47.3 Å². The van der Waals surface area contributed by atoms with E-state index >= 15 is 0 Å². The molecule has 0 bridgehead atoms. The minimum absolute atomic E-state index is 0.133. The fourth-order valence-corrected chi connectivity index (χ4v) is 2.85. The van der Waals surface area contributed by atoms with E-state index < -0.39 is 5.60 Å². The zero-order chi connectivity index (χ0) is 15.2. The van der Waals surface area contributed by atoms with Gasteiger partial charge in [0.15, 0.2) is 0 Å². The van der Waals surface area contributed by atoms with Crippen LogP contribution in [0.1, 0.15) is 39.2 Å². The first-order valence-electron chi connectivity index (χ1n) is 7.07. The number of hydrogen-bond donors (Lipinski definition) is 2. The molecule has 1 atom stereocenters. The molecule has 0 aliphatic carbocycles. The van der Waals surface area contributed by atoms with E-state index in [0.717, 1.165) is 12.8 Å². The van der Waals surface area contributed by atoms with Crippen molar-refractivity contribution in [3.63, 3.8) is 0 Å². The van der Waals surface area contributed by atoms with Gasteiger partial charge in [0.05, 0.1) is 16.7 Å². The zero-order valence-corrected chi connectivity index (χ0v) is 13.1. The number of ether oxygens (including phenoxy) is 1. The maximum Gasteiger partial charge on any atom is 0.145 e. The Labute approximate surface area is 125 Å². The van der Waals surface area contributed by atoms with Gasteiger partial charge in [-0.15, -0.1) is 0 Å². The van der Waals surface area contributed by atoms with Gasteiger partial charge >= 0.3 is 0 Å². The number of nitrogens with one attached hydrogen (secondary N) is 1. The van der Waals surface area contributed by atoms with Crippen molar-refractivity contribution in [1.82, 2.24) is 5.43 Å². The lowest BCUT2D eigenvalue weighted by molar-refractivity contribution is -0.0720. The summed E-state index contributed by atoms with van der Waals surface area (Å²) in [6, 6.07) is 4.84. The molecule has 0 fully saturated rings. The van der Waals surface area contributed by atoms with Gasteiger partial charge < -0.3 is 4.74 Å². The Morgan fingerprint density at radius 3 is 2.50 bits per heavy atom. The van der Waals surface area contributed by atoms with Crippen LogP contribution in [-0.2, 0) is 11.2 Å². The molecule has 0 heterocycles. The second kappa shape index (κ2) is 7.93. The summed E-state index contributed by atoms with van der Waals surface area (Å²) >= 11 is 5.83. The van der Waals surface area contributed by atoms with Gasteiger partial charge in [0.1, 0.15) is 5.82 Å². The number of nitrogens with two attached hydrogens (primary N) is 1. The Balaban J connectivity index is 3.03. The van der Waals surface area contributed by atoms with Crippen molar-refractivity contribution < 1.29 is 9.13 Å². The molecule has 20 heavy (non-hydrogen) atoms. The molecule has 114 valence electrons. The highest BCUT2D eigenvalue weighted by molar-refractivity contribution is 6.30. The molecule has 0 saturated heterocycles. The predicted molar refractivity (Wildman–Crippen MR) is 81.2 cm³/mol. The molecule has 1 aromatic carbocycles. The summed E-state index contributed by atoms with van der Waals surface area (Å²) in [5.74, 6) is 5.31. The smallest absolute Gasteiger partial charge is 0.145 e. The lowest BCUT2D eigenvalue weighted by Crippen LogP contribution is -2.55. The van der Waals surface area contributed by atoms with Crippen molar-refractivity contribution in [2.45, 2.75) is 51.7 Å². The third kappa shape index (κ3) is 3.70. The average Bonchev–Trinajstić information content (AvgIpc) is 2.47. The van der Waals surface area contributed by atoms with Crippen LogP contribution < -0.4 is 11.3 Å². The van der Waals surface area contributed by atoms with Gasteiger partial charge in [-0.25, -0.2) is 4.39 Å². The Hall–Kier alpha value is -0.680. The van der Waals surface area contributed by atoms with Crippen LogP contribution in [0, 0.1) is 5.82 Å². The van der Waals surface area contributed by atoms with Gasteiger partial charge in [0.25, 0.3) is 0 Å². The molecular formula is C15H24ClFN2O. The van der Waals surface area contributed by atoms with Crippen molar-refractivity contribution in [3.8, 4) is 0 Å². The summed E-state index contributed by atoms with van der Waals surface area (Å²) in [7, 11) is 0. The number of halogens is 2. The van der Waals surface area contributed by atoms with Gasteiger partial charge in [-0.1, -0.05) is 37.6 Å². The molecule has 0 radical (unpaired) electrons. The summed E-state index contributed by atoms with van der Waals surface area (Å²) in [5.41, 5.74) is 2.93. The van der Waals surface area contributed by atoms with E-state index in [-0.39, 0.29) is 16.9 Å². The Morgan fingerprint density at radius 2 is 2.00 bits per heavy atom. The van der Waals surface area contributed by atoms with Crippen molar-refractivity contribution in [2.24, 2.45) is 5.84 Å². The molecule has 0 aliphatic heterocycles. The van der Waals surface area contributed by atoms with Crippen LogP contribution in [-0.4, -0.2) is 18.2 Å². The van der Waals surface area contributed by atoms with Crippen molar-refractivity contribution in [1.29, 1.82) is 0 Å². The monoisotopic (exact) mass is 302 g/mol. The fraction of sp³-hybridized carbons (Fsp3) is 0.600. The molecule has 0 saturated carbocycles. The van der Waals surface area contributed by atoms with E-state index in [2.05, 4.69) is 19.3 Å². The van der Waals surface area contributed by atoms with Crippen LogP contribution in [0.25, 0.3) is 0 Å². The minimum Gasteiger partial charge on any atom is -0.374 e. The zero-order valence-electron chi connectivity index (χ0n) is 12.4. The van der Waals surface area contributed by atoms with E-state index in [1.165, 1.54) is 0 Å². The van der Waals surface area contributed by atoms with Gasteiger partial charge in [-0.05, 0) is 37.8 Å². The maximum absolute atomic E-state index is 14.0. The lowest BCUT2D eigenvalue weighted by atomic mass is 9.84. The maximum atomic E-state index is 14.0. The third-order valence-electron chi connectivity index (χ3n) is 3.92. The lowest BCUT2D eigenvalue weighted by Gasteiger charge is -2.39. The quantitative estimate of drug-likeness (QED) is 0.571. The molecule has 1 rings (SSSR count). The van der Waals surface area contributed by atoms with Crippen LogP contribution in [0.5, 0.6) is 0 Å². The van der Waals surface area contributed by atoms with Gasteiger partial charge in [0, 0.05) is 6.61 Å². The predicted octanol–water partition coefficient (Wildman–Crippen LogP) is 3.45. The number of hydrazine groups is 1. The summed E-state index contributed by atoms with van der Waals surface area (Å²) in [6.07, 6.45) is 2.04. The van der Waals surface area contributed by atoms with E-state index in [9.17, 15) is 4.39 Å². The normalized spacial score (nSPS) is 13.5. The minimum atomic E-state index is -0.405. The molecule has 0 amide bonds. The van der Waals surface area contributed by atoms with Crippen LogP contribution in [0.2, 0.25) is 5.02 Å². The highest BCUT2D eigenvalue weighted by atomic mass is 35.5. The summed E-state index contributed by atoms with van der Waals surface area (Å²) in [4.78, 5) is 0. The molecule has 0 aliphatic rings. The average molecular weight is 303 g/mol. The SMILES string of the molecule is CCOC(CC)(CC)C(Cc1cccc(Cl)c1F)NN. The summed E-state index contributed by atoms with van der Waals surface area (Å²) in [5, 5.41) is 0.133. The van der Waals surface area contributed by atoms with Crippen LogP contribution in [0.4, 0.5) is 4.39 Å². The Morgan fingerprint density at radius 1 is 1.35 bits per heavy atom. The number of hydrogen-bond acceptors (Lipinski definition) is 3. The molecular weight excluding hydrogens is 279 g/mol. The van der Waals surface area contributed by atoms with Crippen LogP contribution >= 0.6 is 11.6 Å². The molecule has 0 spiro atoms. The molecule has 1 unspecified atom stereocenters. The van der Waals surface area contributed by atoms with E-state index in [1.807, 2.05) is 6.92 Å². The Kier molecular flexibility index (Phi) is 6.89. The van der Waals surface area contributed by atoms with Gasteiger partial charge in [-0.3, -0.25) is 11.3 Å². The van der Waals surface area contributed by atoms with Gasteiger partial charge in [0.2, 0.25) is 0 Å². The second-order valence-corrected chi connectivity index (χ2v) is 5.25. The van der Waals surface area contributed by atoms with E-state index in [4.69, 9.17) is 22.2 Å². The molecule has 1 aromatic rings. The molecule has 3 N–H and O–H groups in total. The van der Waals surface area contributed by atoms with Crippen molar-refractivity contribution in [2.75, 3.05) is 6.61 Å². The van der Waals surface area contributed by atoms with Crippen molar-refractivity contribution in [3.05, 3.63) is 34.6 Å². The number of rotatable bonds is 8. The summed E-state index contributed by atoms with van der Waals surface area (Å²) in [6.45, 7) is 6.65. The van der Waals surface area contributed by atoms with Crippen molar-refractivity contribution >= 4 is 11.6 Å². The summed E-state index contributed by atoms with van der Waals surface area (Å²) < 4.78 is 20.0. The first-order chi connectivity index (χ1) is 9.54. The molecule has 3 nitrogen and oxygen atoms in total. The van der Waals surface area contributed by atoms with E-state index in [1.54, 1.807) is 18.2 Å². The first-order valence-corrected chi connectivity index (χ1v) is 7.45. The highest BCUT2D eigenvalue weighted by Gasteiger charge is 2.36. The van der Waals surface area contributed by atoms with E-state index in [0.29, 0.717) is 18.6 Å². The van der Waals surface area contributed by atoms with Gasteiger partial charge in [-0.2, -0.15) is 0 Å². The fourth-order valence-electron chi connectivity index (χ4n) is 2.66. The Bertz CT molecular complexity index is 424. The molecule has 0 aromatic heterocycles. The second-order valence-electron chi connectivity index (χ2n) is 4.84. The standard InChI is InChI=1S/C15H24ClFN2O/c1-4-15(5-2,20-6-3)13(19-18)10-11-8-7-9-12(16)14(11)17/h7-9,13,19H,4-6,10,18H2,1-3H3. The first kappa shape index (κ1) is 17.4. The van der Waals surface area contributed by atoms with Crippen LogP contribution in [0.3, 0.4) is 0 Å². The molecule has 5 heteroatoms. The largest absolute Gasteiger partial charge is 0.374 e. The number of benzene rings is 1. The highest BCUT2D eigenvalue weighted by Crippen LogP contribution is 2.28. The third-order valence-corrected chi connectivity index (χ3v) is 4.21. The van der Waals surface area contributed by atoms with Crippen LogP contribution in [0.15, 0.2) is 18.2 Å².